The minimum atomic E-state index is -0.645. The topological polar surface area (TPSA) is 58.2 Å². The first-order valence-corrected chi connectivity index (χ1v) is 8.92. The summed E-state index contributed by atoms with van der Waals surface area (Å²) in [6.45, 7) is 8.67. The molecular formula is C19H27ClN2O2. The monoisotopic (exact) mass is 350 g/mol. The third-order valence-corrected chi connectivity index (χ3v) is 5.33. The van der Waals surface area contributed by atoms with Gasteiger partial charge in [0.1, 0.15) is 0 Å². The molecule has 0 unspecified atom stereocenters. The normalized spacial score (nSPS) is 21.2. The number of amides is 2. The zero-order valence-electron chi connectivity index (χ0n) is 14.9. The van der Waals surface area contributed by atoms with E-state index in [1.165, 1.54) is 0 Å². The van der Waals surface area contributed by atoms with Gasteiger partial charge in [-0.3, -0.25) is 9.59 Å². The van der Waals surface area contributed by atoms with E-state index in [9.17, 15) is 9.59 Å². The number of aryl methyl sites for hydroxylation is 1. The van der Waals surface area contributed by atoms with Crippen LogP contribution in [0.5, 0.6) is 0 Å². The Bertz CT molecular complexity index is 614. The fourth-order valence-corrected chi connectivity index (χ4v) is 3.39. The van der Waals surface area contributed by atoms with Gasteiger partial charge < -0.3 is 10.6 Å². The number of halogens is 1. The average Bonchev–Trinajstić information content (AvgIpc) is 2.50. The van der Waals surface area contributed by atoms with Crippen molar-refractivity contribution < 1.29 is 9.59 Å². The molecule has 4 nitrogen and oxygen atoms in total. The van der Waals surface area contributed by atoms with Gasteiger partial charge >= 0.3 is 11.8 Å². The molecule has 5 heteroatoms. The molecule has 0 spiro atoms. The van der Waals surface area contributed by atoms with Gasteiger partial charge in [0.25, 0.3) is 0 Å². The third-order valence-electron chi connectivity index (χ3n) is 4.92. The third kappa shape index (κ3) is 4.97. The number of nitrogens with one attached hydrogen (secondary N) is 2. The van der Waals surface area contributed by atoms with E-state index >= 15 is 0 Å². The highest BCUT2D eigenvalue weighted by atomic mass is 35.5. The van der Waals surface area contributed by atoms with Crippen molar-refractivity contribution in [1.82, 2.24) is 5.32 Å². The molecule has 1 aliphatic carbocycles. The summed E-state index contributed by atoms with van der Waals surface area (Å²) >= 11 is 6.03. The van der Waals surface area contributed by atoms with Crippen molar-refractivity contribution in [2.24, 2.45) is 11.3 Å². The summed E-state index contributed by atoms with van der Waals surface area (Å²) in [5.74, 6) is -0.548. The summed E-state index contributed by atoms with van der Waals surface area (Å²) in [4.78, 5) is 24.1. The smallest absolute Gasteiger partial charge is 0.313 e. The number of carbonyl (C=O) groups is 2. The molecule has 1 fully saturated rings. The lowest BCUT2D eigenvalue weighted by Crippen LogP contribution is -2.44. The van der Waals surface area contributed by atoms with E-state index in [2.05, 4.69) is 31.4 Å². The Morgan fingerprint density at radius 2 is 1.71 bits per heavy atom. The Morgan fingerprint density at radius 3 is 2.25 bits per heavy atom. The number of rotatable bonds is 2. The molecule has 0 bridgehead atoms. The van der Waals surface area contributed by atoms with Crippen molar-refractivity contribution in [3.8, 4) is 0 Å². The van der Waals surface area contributed by atoms with E-state index in [0.717, 1.165) is 31.2 Å². The van der Waals surface area contributed by atoms with Gasteiger partial charge in [-0.2, -0.15) is 0 Å². The Balaban J connectivity index is 1.84. The summed E-state index contributed by atoms with van der Waals surface area (Å²) in [6.07, 6.45) is 4.03. The molecular weight excluding hydrogens is 324 g/mol. The van der Waals surface area contributed by atoms with E-state index < -0.39 is 11.8 Å². The Labute approximate surface area is 149 Å². The van der Waals surface area contributed by atoms with Gasteiger partial charge in [-0.1, -0.05) is 38.4 Å². The highest BCUT2D eigenvalue weighted by Crippen LogP contribution is 2.37. The van der Waals surface area contributed by atoms with Gasteiger partial charge in [0.2, 0.25) is 0 Å². The lowest BCUT2D eigenvalue weighted by molar-refractivity contribution is -0.136. The highest BCUT2D eigenvalue weighted by Gasteiger charge is 2.30. The Hall–Kier alpha value is -1.55. The van der Waals surface area contributed by atoms with Crippen LogP contribution in [-0.4, -0.2) is 17.9 Å². The van der Waals surface area contributed by atoms with E-state index in [0.29, 0.717) is 22.0 Å². The first-order valence-electron chi connectivity index (χ1n) is 8.55. The van der Waals surface area contributed by atoms with Gasteiger partial charge in [-0.25, -0.2) is 0 Å². The maximum Gasteiger partial charge on any atom is 0.313 e. The Kier molecular flexibility index (Phi) is 5.92. The van der Waals surface area contributed by atoms with Crippen LogP contribution in [-0.2, 0) is 9.59 Å². The number of benzene rings is 1. The van der Waals surface area contributed by atoms with Crippen LogP contribution in [0.2, 0.25) is 5.02 Å². The molecule has 1 aromatic rings. The first-order chi connectivity index (χ1) is 11.2. The number of carbonyl (C=O) groups excluding carboxylic acids is 2. The van der Waals surface area contributed by atoms with Crippen LogP contribution in [0.1, 0.15) is 52.0 Å². The van der Waals surface area contributed by atoms with E-state index in [4.69, 9.17) is 11.6 Å². The standard InChI is InChI=1S/C19H27ClN2O2/c1-12-5-8-15(11-16(12)20)22-18(24)17(23)21-14-9-6-13(7-10-14)19(2,3)4/h5,8,11,13-14H,6-7,9-10H2,1-4H3,(H,21,23)(H,22,24). The molecule has 2 amide bonds. The van der Waals surface area contributed by atoms with Crippen LogP contribution < -0.4 is 10.6 Å². The lowest BCUT2D eigenvalue weighted by Gasteiger charge is -2.37. The number of anilines is 1. The molecule has 0 aromatic heterocycles. The quantitative estimate of drug-likeness (QED) is 0.781. The van der Waals surface area contributed by atoms with Gasteiger partial charge in [-0.15, -0.1) is 0 Å². The molecule has 0 aliphatic heterocycles. The average molecular weight is 351 g/mol. The molecule has 0 radical (unpaired) electrons. The first kappa shape index (κ1) is 18.8. The van der Waals surface area contributed by atoms with E-state index in [1.54, 1.807) is 12.1 Å². The second-order valence-electron chi connectivity index (χ2n) is 7.81. The largest absolute Gasteiger partial charge is 0.345 e. The SMILES string of the molecule is Cc1ccc(NC(=O)C(=O)NC2CCC(C(C)(C)C)CC2)cc1Cl. The van der Waals surface area contributed by atoms with Gasteiger partial charge in [0.15, 0.2) is 0 Å². The fourth-order valence-electron chi connectivity index (χ4n) is 3.21. The molecule has 24 heavy (non-hydrogen) atoms. The molecule has 2 rings (SSSR count). The van der Waals surface area contributed by atoms with Crippen LogP contribution in [0.15, 0.2) is 18.2 Å². The van der Waals surface area contributed by atoms with Gasteiger partial charge in [-0.05, 0) is 61.6 Å². The van der Waals surface area contributed by atoms with Crippen molar-refractivity contribution >= 4 is 29.1 Å². The molecule has 0 atom stereocenters. The van der Waals surface area contributed by atoms with Crippen LogP contribution >= 0.6 is 11.6 Å². The van der Waals surface area contributed by atoms with E-state index in [1.807, 2.05) is 13.0 Å². The molecule has 1 aliphatic rings. The zero-order chi connectivity index (χ0) is 17.9. The molecule has 132 valence electrons. The van der Waals surface area contributed by atoms with Crippen LogP contribution in [0.25, 0.3) is 0 Å². The van der Waals surface area contributed by atoms with Crippen molar-refractivity contribution in [2.75, 3.05) is 5.32 Å². The molecule has 0 saturated heterocycles. The minimum Gasteiger partial charge on any atom is -0.345 e. The highest BCUT2D eigenvalue weighted by molar-refractivity contribution is 6.40. The van der Waals surface area contributed by atoms with E-state index in [-0.39, 0.29) is 6.04 Å². The lowest BCUT2D eigenvalue weighted by atomic mass is 9.71. The molecule has 1 saturated carbocycles. The van der Waals surface area contributed by atoms with Gasteiger partial charge in [0, 0.05) is 16.8 Å². The van der Waals surface area contributed by atoms with Crippen molar-refractivity contribution in [1.29, 1.82) is 0 Å². The summed E-state index contributed by atoms with van der Waals surface area (Å²) in [7, 11) is 0. The maximum absolute atomic E-state index is 12.1. The summed E-state index contributed by atoms with van der Waals surface area (Å²) in [5.41, 5.74) is 1.76. The Morgan fingerprint density at radius 1 is 1.08 bits per heavy atom. The molecule has 1 aromatic carbocycles. The second kappa shape index (κ2) is 7.56. The summed E-state index contributed by atoms with van der Waals surface area (Å²) in [6, 6.07) is 5.28. The maximum atomic E-state index is 12.1. The minimum absolute atomic E-state index is 0.0865. The summed E-state index contributed by atoms with van der Waals surface area (Å²) in [5, 5.41) is 6.01. The zero-order valence-corrected chi connectivity index (χ0v) is 15.7. The molecule has 2 N–H and O–H groups in total. The van der Waals surface area contributed by atoms with Gasteiger partial charge in [0.05, 0.1) is 0 Å². The fraction of sp³-hybridized carbons (Fsp3) is 0.579. The van der Waals surface area contributed by atoms with Crippen molar-refractivity contribution in [2.45, 2.75) is 59.4 Å². The predicted molar refractivity (Wildman–Crippen MR) is 98.2 cm³/mol. The number of hydrogen-bond donors (Lipinski definition) is 2. The van der Waals surface area contributed by atoms with Crippen LogP contribution in [0.3, 0.4) is 0 Å². The molecule has 0 heterocycles. The van der Waals surface area contributed by atoms with Crippen LogP contribution in [0, 0.1) is 18.3 Å². The predicted octanol–water partition coefficient (Wildman–Crippen LogP) is 4.31. The summed E-state index contributed by atoms with van der Waals surface area (Å²) < 4.78 is 0. The van der Waals surface area contributed by atoms with Crippen molar-refractivity contribution in [3.63, 3.8) is 0 Å². The second-order valence-corrected chi connectivity index (χ2v) is 8.21. The van der Waals surface area contributed by atoms with Crippen molar-refractivity contribution in [3.05, 3.63) is 28.8 Å². The van der Waals surface area contributed by atoms with Crippen LogP contribution in [0.4, 0.5) is 5.69 Å². The number of hydrogen-bond acceptors (Lipinski definition) is 2.